The predicted molar refractivity (Wildman–Crippen MR) is 73.5 cm³/mol. The largest absolute Gasteiger partial charge is 0.317 e. The molecule has 4 nitrogen and oxygen atoms in total. The van der Waals surface area contributed by atoms with Crippen LogP contribution >= 0.6 is 0 Å². The summed E-state index contributed by atoms with van der Waals surface area (Å²) in [5.41, 5.74) is 2.40. The molecule has 0 radical (unpaired) electrons. The van der Waals surface area contributed by atoms with Gasteiger partial charge in [0, 0.05) is 6.54 Å². The van der Waals surface area contributed by atoms with Crippen LogP contribution in [0, 0.1) is 12.8 Å². The molecular formula is C15H18N2O2. The lowest BCUT2D eigenvalue weighted by atomic mass is 9.97. The first-order valence-corrected chi connectivity index (χ1v) is 6.85. The number of anilines is 1. The number of nitrogens with one attached hydrogen (secondary N) is 1. The second kappa shape index (κ2) is 4.78. The van der Waals surface area contributed by atoms with Crippen molar-refractivity contribution in [1.82, 2.24) is 5.32 Å². The van der Waals surface area contributed by atoms with Crippen molar-refractivity contribution >= 4 is 17.4 Å². The highest BCUT2D eigenvalue weighted by molar-refractivity contribution is 6.52. The van der Waals surface area contributed by atoms with Crippen LogP contribution in [0.25, 0.3) is 0 Å². The molecule has 0 aromatic heterocycles. The number of para-hydroxylation sites is 1. The number of amides is 1. The number of benzene rings is 1. The minimum Gasteiger partial charge on any atom is -0.317 e. The summed E-state index contributed by atoms with van der Waals surface area (Å²) in [5, 5.41) is 3.32. The van der Waals surface area contributed by atoms with Gasteiger partial charge in [-0.3, -0.25) is 9.59 Å². The van der Waals surface area contributed by atoms with Crippen LogP contribution in [0.4, 0.5) is 5.69 Å². The molecule has 4 heteroatoms. The van der Waals surface area contributed by atoms with E-state index in [1.807, 2.05) is 19.1 Å². The van der Waals surface area contributed by atoms with E-state index in [1.165, 1.54) is 0 Å². The molecule has 1 saturated heterocycles. The highest BCUT2D eigenvalue weighted by Crippen LogP contribution is 2.33. The molecule has 0 unspecified atom stereocenters. The summed E-state index contributed by atoms with van der Waals surface area (Å²) in [7, 11) is 0. The Morgan fingerprint density at radius 1 is 1.26 bits per heavy atom. The van der Waals surface area contributed by atoms with Crippen LogP contribution in [0.1, 0.15) is 28.8 Å². The maximum absolute atomic E-state index is 12.1. The summed E-state index contributed by atoms with van der Waals surface area (Å²) < 4.78 is 0. The highest BCUT2D eigenvalue weighted by Gasteiger charge is 2.37. The zero-order chi connectivity index (χ0) is 13.4. The van der Waals surface area contributed by atoms with Crippen LogP contribution in [-0.2, 0) is 4.79 Å². The van der Waals surface area contributed by atoms with Crippen molar-refractivity contribution < 1.29 is 9.59 Å². The quantitative estimate of drug-likeness (QED) is 0.818. The fourth-order valence-electron chi connectivity index (χ4n) is 3.04. The SMILES string of the molecule is Cc1cccc2c1N(CC1CCNCC1)C(=O)C2=O. The monoisotopic (exact) mass is 258 g/mol. The number of ketones is 1. The summed E-state index contributed by atoms with van der Waals surface area (Å²) in [6.45, 7) is 4.63. The molecule has 0 bridgehead atoms. The molecular weight excluding hydrogens is 240 g/mol. The number of carbonyl (C=O) groups excluding carboxylic acids is 2. The van der Waals surface area contributed by atoms with Gasteiger partial charge >= 0.3 is 0 Å². The van der Waals surface area contributed by atoms with Crippen LogP contribution in [0.15, 0.2) is 18.2 Å². The normalized spacial score (nSPS) is 19.9. The number of hydrogen-bond acceptors (Lipinski definition) is 3. The van der Waals surface area contributed by atoms with E-state index in [1.54, 1.807) is 11.0 Å². The first-order chi connectivity index (χ1) is 9.18. The third-order valence-electron chi connectivity index (χ3n) is 4.09. The van der Waals surface area contributed by atoms with E-state index in [9.17, 15) is 9.59 Å². The van der Waals surface area contributed by atoms with Crippen molar-refractivity contribution in [2.45, 2.75) is 19.8 Å². The minimum atomic E-state index is -0.358. The molecule has 0 spiro atoms. The van der Waals surface area contributed by atoms with Crippen molar-refractivity contribution in [2.75, 3.05) is 24.5 Å². The predicted octanol–water partition coefficient (Wildman–Crippen LogP) is 1.52. The highest BCUT2D eigenvalue weighted by atomic mass is 16.2. The first-order valence-electron chi connectivity index (χ1n) is 6.85. The fraction of sp³-hybridized carbons (Fsp3) is 0.467. The lowest BCUT2D eigenvalue weighted by molar-refractivity contribution is -0.114. The van der Waals surface area contributed by atoms with Crippen molar-refractivity contribution in [3.8, 4) is 0 Å². The number of nitrogens with zero attached hydrogens (tertiary/aromatic N) is 1. The summed E-state index contributed by atoms with van der Waals surface area (Å²) in [6.07, 6.45) is 2.14. The van der Waals surface area contributed by atoms with Crippen LogP contribution in [0.5, 0.6) is 0 Å². The van der Waals surface area contributed by atoms with Crippen LogP contribution in [0.2, 0.25) is 0 Å². The van der Waals surface area contributed by atoms with Gasteiger partial charge in [0.25, 0.3) is 11.7 Å². The van der Waals surface area contributed by atoms with Crippen molar-refractivity contribution in [1.29, 1.82) is 0 Å². The number of aryl methyl sites for hydroxylation is 1. The Bertz CT molecular complexity index is 533. The standard InChI is InChI=1S/C15H18N2O2/c1-10-3-2-4-12-13(10)17(15(19)14(12)18)9-11-5-7-16-8-6-11/h2-4,11,16H,5-9H2,1H3. The lowest BCUT2D eigenvalue weighted by Gasteiger charge is -2.28. The average molecular weight is 258 g/mol. The van der Waals surface area contributed by atoms with Gasteiger partial charge in [-0.15, -0.1) is 0 Å². The molecule has 1 aromatic rings. The molecule has 100 valence electrons. The van der Waals surface area contributed by atoms with E-state index in [2.05, 4.69) is 5.32 Å². The van der Waals surface area contributed by atoms with Gasteiger partial charge in [0.15, 0.2) is 0 Å². The fourth-order valence-corrected chi connectivity index (χ4v) is 3.04. The van der Waals surface area contributed by atoms with Gasteiger partial charge < -0.3 is 10.2 Å². The van der Waals surface area contributed by atoms with Crippen molar-refractivity contribution in [3.05, 3.63) is 29.3 Å². The molecule has 1 amide bonds. The summed E-state index contributed by atoms with van der Waals surface area (Å²) >= 11 is 0. The average Bonchev–Trinajstić information content (AvgIpc) is 2.67. The molecule has 2 aliphatic heterocycles. The van der Waals surface area contributed by atoms with Crippen molar-refractivity contribution in [3.63, 3.8) is 0 Å². The van der Waals surface area contributed by atoms with Crippen molar-refractivity contribution in [2.24, 2.45) is 5.92 Å². The van der Waals surface area contributed by atoms with E-state index < -0.39 is 0 Å². The van der Waals surface area contributed by atoms with Gasteiger partial charge in [0.05, 0.1) is 11.3 Å². The molecule has 3 rings (SSSR count). The van der Waals surface area contributed by atoms with Crippen LogP contribution < -0.4 is 10.2 Å². The van der Waals surface area contributed by atoms with Gasteiger partial charge in [-0.25, -0.2) is 0 Å². The maximum Gasteiger partial charge on any atom is 0.299 e. The van der Waals surface area contributed by atoms with Gasteiger partial charge in [-0.2, -0.15) is 0 Å². The molecule has 2 heterocycles. The second-order valence-electron chi connectivity index (χ2n) is 5.41. The van der Waals surface area contributed by atoms with Crippen LogP contribution in [-0.4, -0.2) is 31.3 Å². The van der Waals surface area contributed by atoms with Gasteiger partial charge in [-0.05, 0) is 50.4 Å². The number of fused-ring (bicyclic) bond motifs is 1. The maximum atomic E-state index is 12.1. The van der Waals surface area contributed by atoms with E-state index in [0.29, 0.717) is 18.0 Å². The summed E-state index contributed by atoms with van der Waals surface area (Å²) in [4.78, 5) is 25.8. The Balaban J connectivity index is 1.90. The van der Waals surface area contributed by atoms with E-state index in [0.717, 1.165) is 37.2 Å². The van der Waals surface area contributed by atoms with E-state index in [-0.39, 0.29) is 11.7 Å². The van der Waals surface area contributed by atoms with Gasteiger partial charge in [0.2, 0.25) is 0 Å². The van der Waals surface area contributed by atoms with E-state index in [4.69, 9.17) is 0 Å². The molecule has 1 N–H and O–H groups in total. The number of hydrogen-bond donors (Lipinski definition) is 1. The summed E-state index contributed by atoms with van der Waals surface area (Å²) in [6, 6.07) is 5.55. The number of rotatable bonds is 2. The Kier molecular flexibility index (Phi) is 3.11. The van der Waals surface area contributed by atoms with Gasteiger partial charge in [0.1, 0.15) is 0 Å². The van der Waals surface area contributed by atoms with Crippen LogP contribution in [0.3, 0.4) is 0 Å². The Morgan fingerprint density at radius 2 is 2.00 bits per heavy atom. The third-order valence-corrected chi connectivity index (χ3v) is 4.09. The molecule has 0 saturated carbocycles. The van der Waals surface area contributed by atoms with E-state index >= 15 is 0 Å². The Labute approximate surface area is 112 Å². The molecule has 19 heavy (non-hydrogen) atoms. The zero-order valence-corrected chi connectivity index (χ0v) is 11.1. The zero-order valence-electron chi connectivity index (χ0n) is 11.1. The lowest BCUT2D eigenvalue weighted by Crippen LogP contribution is -2.39. The molecule has 1 aromatic carbocycles. The first kappa shape index (κ1) is 12.4. The Hall–Kier alpha value is -1.68. The minimum absolute atomic E-state index is 0.354. The number of Topliss-reactive ketones (excluding diaryl/α,β-unsaturated/α-hetero) is 1. The summed E-state index contributed by atoms with van der Waals surface area (Å²) in [5.74, 6) is -0.223. The smallest absolute Gasteiger partial charge is 0.299 e. The number of piperidine rings is 1. The number of carbonyl (C=O) groups is 2. The molecule has 2 aliphatic rings. The molecule has 0 atom stereocenters. The van der Waals surface area contributed by atoms with Gasteiger partial charge in [-0.1, -0.05) is 12.1 Å². The Morgan fingerprint density at radius 3 is 2.74 bits per heavy atom. The third kappa shape index (κ3) is 2.06. The topological polar surface area (TPSA) is 49.4 Å². The molecule has 0 aliphatic carbocycles. The molecule has 1 fully saturated rings. The second-order valence-corrected chi connectivity index (χ2v) is 5.41.